The Balaban J connectivity index is 2.14. The van der Waals surface area contributed by atoms with Crippen LogP contribution in [0.15, 0.2) is 12.2 Å². The molecule has 0 aromatic rings. The molecule has 0 saturated heterocycles. The van der Waals surface area contributed by atoms with Crippen LogP contribution in [0.1, 0.15) is 13.3 Å². The van der Waals surface area contributed by atoms with Gasteiger partial charge in [-0.25, -0.2) is 0 Å². The molecule has 2 atom stereocenters. The molecule has 1 rings (SSSR count). The Morgan fingerprint density at radius 1 is 1.60 bits per heavy atom. The van der Waals surface area contributed by atoms with Gasteiger partial charge in [-0.2, -0.15) is 0 Å². The van der Waals surface area contributed by atoms with Crippen LogP contribution in [0.2, 0.25) is 0 Å². The highest BCUT2D eigenvalue weighted by Gasteiger charge is 2.15. The van der Waals surface area contributed by atoms with Crippen molar-refractivity contribution in [3.05, 3.63) is 12.2 Å². The quantitative estimate of drug-likeness (QED) is 0.455. The van der Waals surface area contributed by atoms with Crippen LogP contribution in [0, 0.1) is 5.92 Å². The highest BCUT2D eigenvalue weighted by molar-refractivity contribution is 6.22. The molecule has 0 bridgehead atoms. The molecular weight excluding hydrogens is 148 g/mol. The minimum Gasteiger partial charge on any atom is -0.381 e. The van der Waals surface area contributed by atoms with Crippen molar-refractivity contribution < 1.29 is 4.74 Å². The number of rotatable bonds is 3. The highest BCUT2D eigenvalue weighted by Crippen LogP contribution is 2.21. The minimum atomic E-state index is 0.241. The lowest BCUT2D eigenvalue weighted by Crippen LogP contribution is -2.06. The van der Waals surface area contributed by atoms with Crippen molar-refractivity contribution in [1.82, 2.24) is 0 Å². The van der Waals surface area contributed by atoms with Crippen molar-refractivity contribution in [2.24, 2.45) is 5.92 Å². The number of halogens is 1. The van der Waals surface area contributed by atoms with Gasteiger partial charge in [0.05, 0.1) is 12.0 Å². The van der Waals surface area contributed by atoms with Crippen molar-refractivity contribution in [3.8, 4) is 0 Å². The lowest BCUT2D eigenvalue weighted by Gasteiger charge is -2.06. The number of alkyl halides is 1. The van der Waals surface area contributed by atoms with Crippen LogP contribution in [-0.2, 0) is 4.74 Å². The summed E-state index contributed by atoms with van der Waals surface area (Å²) in [6.07, 6.45) is 5.24. The van der Waals surface area contributed by atoms with Crippen LogP contribution in [-0.4, -0.2) is 18.6 Å². The summed E-state index contributed by atoms with van der Waals surface area (Å²) < 4.78 is 5.26. The molecule has 58 valence electrons. The first-order chi connectivity index (χ1) is 4.83. The summed E-state index contributed by atoms with van der Waals surface area (Å²) >= 11 is 5.84. The van der Waals surface area contributed by atoms with Crippen molar-refractivity contribution in [2.75, 3.05) is 13.2 Å². The van der Waals surface area contributed by atoms with E-state index in [-0.39, 0.29) is 5.38 Å². The van der Waals surface area contributed by atoms with Gasteiger partial charge >= 0.3 is 0 Å². The number of ether oxygens (including phenoxy) is 1. The highest BCUT2D eigenvalue weighted by atomic mass is 35.5. The molecule has 1 aliphatic rings. The van der Waals surface area contributed by atoms with E-state index in [1.165, 1.54) is 0 Å². The van der Waals surface area contributed by atoms with Gasteiger partial charge in [0, 0.05) is 12.5 Å². The van der Waals surface area contributed by atoms with Crippen LogP contribution in [0.4, 0.5) is 0 Å². The molecule has 0 N–H and O–H groups in total. The van der Waals surface area contributed by atoms with Gasteiger partial charge in [0.1, 0.15) is 0 Å². The Morgan fingerprint density at radius 2 is 2.40 bits per heavy atom. The molecule has 0 radical (unpaired) electrons. The predicted molar refractivity (Wildman–Crippen MR) is 43.4 cm³/mol. The molecule has 0 saturated carbocycles. The van der Waals surface area contributed by atoms with E-state index in [9.17, 15) is 0 Å². The normalized spacial score (nSPS) is 31.4. The first kappa shape index (κ1) is 8.09. The van der Waals surface area contributed by atoms with Crippen LogP contribution < -0.4 is 0 Å². The lowest BCUT2D eigenvalue weighted by molar-refractivity contribution is 0.124. The molecule has 0 aromatic heterocycles. The fourth-order valence-corrected chi connectivity index (χ4v) is 1.43. The summed E-state index contributed by atoms with van der Waals surface area (Å²) in [5, 5.41) is 0.241. The first-order valence-electron chi connectivity index (χ1n) is 3.73. The second-order valence-corrected chi connectivity index (χ2v) is 3.12. The number of hydrogen-bond acceptors (Lipinski definition) is 1. The monoisotopic (exact) mass is 160 g/mol. The Bertz CT molecular complexity index is 122. The number of allylic oxidation sites excluding steroid dienone is 1. The second kappa shape index (κ2) is 3.99. The largest absolute Gasteiger partial charge is 0.381 e. The SMILES string of the molecule is CCOCC1C=CC(Cl)C1. The van der Waals surface area contributed by atoms with E-state index in [4.69, 9.17) is 16.3 Å². The Kier molecular flexibility index (Phi) is 3.23. The van der Waals surface area contributed by atoms with Gasteiger partial charge in [0.15, 0.2) is 0 Å². The summed E-state index contributed by atoms with van der Waals surface area (Å²) in [6, 6.07) is 0. The second-order valence-electron chi connectivity index (χ2n) is 2.56. The van der Waals surface area contributed by atoms with E-state index in [1.807, 2.05) is 13.0 Å². The van der Waals surface area contributed by atoms with Crippen LogP contribution >= 0.6 is 11.6 Å². The van der Waals surface area contributed by atoms with Crippen molar-refractivity contribution in [3.63, 3.8) is 0 Å². The van der Waals surface area contributed by atoms with Crippen molar-refractivity contribution in [1.29, 1.82) is 0 Å². The third-order valence-electron chi connectivity index (χ3n) is 1.66. The van der Waals surface area contributed by atoms with E-state index in [1.54, 1.807) is 0 Å². The average Bonchev–Trinajstić information content (AvgIpc) is 2.31. The van der Waals surface area contributed by atoms with Gasteiger partial charge in [0.25, 0.3) is 0 Å². The van der Waals surface area contributed by atoms with Gasteiger partial charge in [-0.3, -0.25) is 0 Å². The lowest BCUT2D eigenvalue weighted by atomic mass is 10.1. The van der Waals surface area contributed by atoms with Crippen LogP contribution in [0.25, 0.3) is 0 Å². The molecular formula is C8H13ClO. The average molecular weight is 161 g/mol. The Morgan fingerprint density at radius 3 is 2.90 bits per heavy atom. The Hall–Kier alpha value is -0.0100. The fourth-order valence-electron chi connectivity index (χ4n) is 1.12. The molecule has 1 nitrogen and oxygen atoms in total. The maximum atomic E-state index is 5.84. The van der Waals surface area contributed by atoms with Gasteiger partial charge in [-0.1, -0.05) is 12.2 Å². The third kappa shape index (κ3) is 2.31. The fraction of sp³-hybridized carbons (Fsp3) is 0.750. The molecule has 10 heavy (non-hydrogen) atoms. The topological polar surface area (TPSA) is 9.23 Å². The van der Waals surface area contributed by atoms with Crippen molar-refractivity contribution in [2.45, 2.75) is 18.7 Å². The van der Waals surface area contributed by atoms with Crippen LogP contribution in [0.3, 0.4) is 0 Å². The van der Waals surface area contributed by atoms with Gasteiger partial charge in [-0.15, -0.1) is 11.6 Å². The summed E-state index contributed by atoms with van der Waals surface area (Å²) in [6.45, 7) is 3.64. The van der Waals surface area contributed by atoms with Gasteiger partial charge in [0.2, 0.25) is 0 Å². The zero-order chi connectivity index (χ0) is 7.40. The van der Waals surface area contributed by atoms with Crippen LogP contribution in [0.5, 0.6) is 0 Å². The maximum Gasteiger partial charge on any atom is 0.0529 e. The van der Waals surface area contributed by atoms with E-state index >= 15 is 0 Å². The van der Waals surface area contributed by atoms with E-state index < -0.39 is 0 Å². The molecule has 2 heteroatoms. The molecule has 1 aliphatic carbocycles. The molecule has 0 spiro atoms. The number of hydrogen-bond donors (Lipinski definition) is 0. The van der Waals surface area contributed by atoms with E-state index in [2.05, 4.69) is 6.08 Å². The summed E-state index contributed by atoms with van der Waals surface area (Å²) in [5.41, 5.74) is 0. The summed E-state index contributed by atoms with van der Waals surface area (Å²) in [5.74, 6) is 0.558. The molecule has 0 fully saturated rings. The first-order valence-corrected chi connectivity index (χ1v) is 4.16. The van der Waals surface area contributed by atoms with E-state index in [0.29, 0.717) is 5.92 Å². The summed E-state index contributed by atoms with van der Waals surface area (Å²) in [7, 11) is 0. The maximum absolute atomic E-state index is 5.84. The zero-order valence-corrected chi connectivity index (χ0v) is 6.97. The molecule has 0 heterocycles. The molecule has 2 unspecified atom stereocenters. The third-order valence-corrected chi connectivity index (χ3v) is 1.98. The van der Waals surface area contributed by atoms with Crippen molar-refractivity contribution >= 4 is 11.6 Å². The zero-order valence-electron chi connectivity index (χ0n) is 6.22. The molecule has 0 amide bonds. The van der Waals surface area contributed by atoms with E-state index in [0.717, 1.165) is 19.6 Å². The predicted octanol–water partition coefficient (Wildman–Crippen LogP) is 2.21. The minimum absolute atomic E-state index is 0.241. The Labute approximate surface area is 67.0 Å². The smallest absolute Gasteiger partial charge is 0.0529 e. The standard InChI is InChI=1S/C8H13ClO/c1-2-10-6-7-3-4-8(9)5-7/h3-4,7-8H,2,5-6H2,1H3. The van der Waals surface area contributed by atoms with Gasteiger partial charge < -0.3 is 4.74 Å². The summed E-state index contributed by atoms with van der Waals surface area (Å²) in [4.78, 5) is 0. The van der Waals surface area contributed by atoms with Gasteiger partial charge in [-0.05, 0) is 13.3 Å². The molecule has 0 aromatic carbocycles. The molecule has 0 aliphatic heterocycles.